The summed E-state index contributed by atoms with van der Waals surface area (Å²) in [5.41, 5.74) is 6.11. The Hall–Kier alpha value is -3.38. The van der Waals surface area contributed by atoms with Crippen LogP contribution in [0.2, 0.25) is 0 Å². The normalized spacial score (nSPS) is 11.9. The van der Waals surface area contributed by atoms with Crippen LogP contribution in [0.5, 0.6) is 0 Å². The first-order valence-corrected chi connectivity index (χ1v) is 11.4. The summed E-state index contributed by atoms with van der Waals surface area (Å²) in [7, 11) is 0. The number of hydrogen-bond acceptors (Lipinski definition) is 4. The summed E-state index contributed by atoms with van der Waals surface area (Å²) in [5, 5.41) is 12.3. The number of hydrogen-bond donors (Lipinski definition) is 1. The molecule has 6 heteroatoms. The lowest BCUT2D eigenvalue weighted by Gasteiger charge is -2.16. The Morgan fingerprint density at radius 3 is 2.12 bits per heavy atom. The van der Waals surface area contributed by atoms with Gasteiger partial charge < -0.3 is 5.32 Å². The van der Waals surface area contributed by atoms with Gasteiger partial charge in [-0.3, -0.25) is 9.36 Å². The zero-order chi connectivity index (χ0) is 22.7. The van der Waals surface area contributed by atoms with Crippen molar-refractivity contribution in [1.29, 1.82) is 0 Å². The summed E-state index contributed by atoms with van der Waals surface area (Å²) < 4.78 is 2.01. The van der Waals surface area contributed by atoms with Gasteiger partial charge in [-0.05, 0) is 51.0 Å². The van der Waals surface area contributed by atoms with Gasteiger partial charge in [0.05, 0.1) is 5.25 Å². The maximum atomic E-state index is 13.0. The Bertz CT molecular complexity index is 1210. The molecule has 0 unspecified atom stereocenters. The highest BCUT2D eigenvalue weighted by atomic mass is 32.2. The molecule has 1 aromatic heterocycles. The van der Waals surface area contributed by atoms with Crippen LogP contribution in [-0.2, 0) is 4.79 Å². The summed E-state index contributed by atoms with van der Waals surface area (Å²) in [4.78, 5) is 13.0. The molecule has 1 heterocycles. The molecule has 0 aliphatic heterocycles. The van der Waals surface area contributed by atoms with E-state index in [4.69, 9.17) is 0 Å². The summed E-state index contributed by atoms with van der Waals surface area (Å²) in [5.74, 6) is 0.686. The average molecular weight is 443 g/mol. The Morgan fingerprint density at radius 2 is 1.50 bits per heavy atom. The predicted octanol–water partition coefficient (Wildman–Crippen LogP) is 5.98. The number of thioether (sulfide) groups is 1. The number of carbonyl (C=O) groups is 1. The standard InChI is InChI=1S/C26H26N4OS/c1-17-15-18(2)23(19(3)16-17)27-25(31)20(4)32-26-29-28-24(21-11-7-5-8-12-21)30(26)22-13-9-6-10-14-22/h5-16,20H,1-4H3,(H,27,31)/t20-/m1/s1. The van der Waals surface area contributed by atoms with Gasteiger partial charge in [-0.2, -0.15) is 0 Å². The number of para-hydroxylation sites is 1. The molecule has 3 aromatic carbocycles. The Labute approximate surface area is 192 Å². The number of nitrogens with zero attached hydrogens (tertiary/aromatic N) is 3. The molecule has 0 aliphatic carbocycles. The molecule has 0 spiro atoms. The highest BCUT2D eigenvalue weighted by Crippen LogP contribution is 2.31. The molecular weight excluding hydrogens is 416 g/mol. The molecule has 32 heavy (non-hydrogen) atoms. The number of aryl methyl sites for hydroxylation is 3. The Morgan fingerprint density at radius 1 is 0.906 bits per heavy atom. The minimum atomic E-state index is -0.356. The molecule has 5 nitrogen and oxygen atoms in total. The third kappa shape index (κ3) is 4.60. The molecule has 0 bridgehead atoms. The predicted molar refractivity (Wildman–Crippen MR) is 131 cm³/mol. The fourth-order valence-electron chi connectivity index (χ4n) is 3.74. The van der Waals surface area contributed by atoms with Crippen molar-refractivity contribution >= 4 is 23.4 Å². The third-order valence-electron chi connectivity index (χ3n) is 5.26. The van der Waals surface area contributed by atoms with E-state index in [1.807, 2.05) is 86.0 Å². The van der Waals surface area contributed by atoms with Crippen molar-refractivity contribution in [2.45, 2.75) is 38.1 Å². The lowest BCUT2D eigenvalue weighted by Crippen LogP contribution is -2.24. The molecule has 162 valence electrons. The molecule has 4 rings (SSSR count). The fourth-order valence-corrected chi connectivity index (χ4v) is 4.61. The third-order valence-corrected chi connectivity index (χ3v) is 6.30. The summed E-state index contributed by atoms with van der Waals surface area (Å²) in [6, 6.07) is 24.1. The van der Waals surface area contributed by atoms with Crippen LogP contribution in [0.15, 0.2) is 78.0 Å². The zero-order valence-electron chi connectivity index (χ0n) is 18.7. The number of nitrogens with one attached hydrogen (secondary N) is 1. The van der Waals surface area contributed by atoms with Crippen LogP contribution in [0.1, 0.15) is 23.6 Å². The molecular formula is C26H26N4OS. The lowest BCUT2D eigenvalue weighted by molar-refractivity contribution is -0.115. The van der Waals surface area contributed by atoms with E-state index in [0.717, 1.165) is 33.9 Å². The monoisotopic (exact) mass is 442 g/mol. The second-order valence-corrected chi connectivity index (χ2v) is 9.17. The van der Waals surface area contributed by atoms with Gasteiger partial charge in [-0.25, -0.2) is 0 Å². The highest BCUT2D eigenvalue weighted by Gasteiger charge is 2.22. The molecule has 0 aliphatic rings. The van der Waals surface area contributed by atoms with Crippen molar-refractivity contribution in [3.05, 3.63) is 89.5 Å². The summed E-state index contributed by atoms with van der Waals surface area (Å²) in [6.45, 7) is 7.99. The van der Waals surface area contributed by atoms with Gasteiger partial charge in [-0.1, -0.05) is 78.0 Å². The molecule has 0 fully saturated rings. The first kappa shape index (κ1) is 21.8. The first-order chi connectivity index (χ1) is 15.4. The van der Waals surface area contributed by atoms with Gasteiger partial charge in [0.2, 0.25) is 5.91 Å². The molecule has 0 radical (unpaired) electrons. The number of aromatic nitrogens is 3. The highest BCUT2D eigenvalue weighted by molar-refractivity contribution is 8.00. The van der Waals surface area contributed by atoms with E-state index in [0.29, 0.717) is 5.16 Å². The minimum Gasteiger partial charge on any atom is -0.325 e. The zero-order valence-corrected chi connectivity index (χ0v) is 19.5. The van der Waals surface area contributed by atoms with Crippen molar-refractivity contribution in [2.75, 3.05) is 5.32 Å². The van der Waals surface area contributed by atoms with Crippen LogP contribution < -0.4 is 5.32 Å². The number of carbonyl (C=O) groups excluding carboxylic acids is 1. The van der Waals surface area contributed by atoms with E-state index in [2.05, 4.69) is 34.6 Å². The van der Waals surface area contributed by atoms with Crippen LogP contribution >= 0.6 is 11.8 Å². The van der Waals surface area contributed by atoms with Crippen LogP contribution in [0.3, 0.4) is 0 Å². The van der Waals surface area contributed by atoms with E-state index in [9.17, 15) is 4.79 Å². The van der Waals surface area contributed by atoms with Gasteiger partial charge in [0.25, 0.3) is 0 Å². The number of benzene rings is 3. The molecule has 4 aromatic rings. The van der Waals surface area contributed by atoms with E-state index >= 15 is 0 Å². The maximum absolute atomic E-state index is 13.0. The average Bonchev–Trinajstić information content (AvgIpc) is 3.20. The summed E-state index contributed by atoms with van der Waals surface area (Å²) in [6.07, 6.45) is 0. The van der Waals surface area contributed by atoms with Crippen LogP contribution in [0, 0.1) is 20.8 Å². The Balaban J connectivity index is 1.63. The second kappa shape index (κ2) is 9.40. The van der Waals surface area contributed by atoms with Crippen molar-refractivity contribution in [1.82, 2.24) is 14.8 Å². The number of amides is 1. The van der Waals surface area contributed by atoms with Crippen molar-refractivity contribution in [3.8, 4) is 17.1 Å². The van der Waals surface area contributed by atoms with Crippen molar-refractivity contribution in [2.24, 2.45) is 0 Å². The second-order valence-electron chi connectivity index (χ2n) is 7.87. The fraction of sp³-hybridized carbons (Fsp3) is 0.192. The topological polar surface area (TPSA) is 59.8 Å². The van der Waals surface area contributed by atoms with Gasteiger partial charge in [0.15, 0.2) is 11.0 Å². The Kier molecular flexibility index (Phi) is 6.42. The lowest BCUT2D eigenvalue weighted by atomic mass is 10.1. The van der Waals surface area contributed by atoms with E-state index in [1.165, 1.54) is 17.3 Å². The summed E-state index contributed by atoms with van der Waals surface area (Å²) >= 11 is 1.40. The maximum Gasteiger partial charge on any atom is 0.237 e. The van der Waals surface area contributed by atoms with Gasteiger partial charge >= 0.3 is 0 Å². The number of rotatable bonds is 6. The van der Waals surface area contributed by atoms with Crippen molar-refractivity contribution < 1.29 is 4.79 Å². The molecule has 0 saturated carbocycles. The molecule has 1 amide bonds. The van der Waals surface area contributed by atoms with Crippen LogP contribution in [0.25, 0.3) is 17.1 Å². The van der Waals surface area contributed by atoms with Gasteiger partial charge in [0, 0.05) is 16.9 Å². The van der Waals surface area contributed by atoms with E-state index in [-0.39, 0.29) is 11.2 Å². The van der Waals surface area contributed by atoms with E-state index in [1.54, 1.807) is 0 Å². The largest absolute Gasteiger partial charge is 0.325 e. The van der Waals surface area contributed by atoms with E-state index < -0.39 is 0 Å². The molecule has 0 saturated heterocycles. The molecule has 1 atom stereocenters. The number of anilines is 1. The quantitative estimate of drug-likeness (QED) is 0.373. The first-order valence-electron chi connectivity index (χ1n) is 10.6. The molecule has 1 N–H and O–H groups in total. The van der Waals surface area contributed by atoms with Gasteiger partial charge in [-0.15, -0.1) is 10.2 Å². The minimum absolute atomic E-state index is 0.0612. The van der Waals surface area contributed by atoms with Crippen molar-refractivity contribution in [3.63, 3.8) is 0 Å². The van der Waals surface area contributed by atoms with Gasteiger partial charge in [0.1, 0.15) is 0 Å². The smallest absolute Gasteiger partial charge is 0.237 e. The van der Waals surface area contributed by atoms with Crippen LogP contribution in [0.4, 0.5) is 5.69 Å². The SMILES string of the molecule is Cc1cc(C)c(NC(=O)[C@@H](C)Sc2nnc(-c3ccccc3)n2-c2ccccc2)c(C)c1. The van der Waals surface area contributed by atoms with Crippen LogP contribution in [-0.4, -0.2) is 25.9 Å².